The Hall–Kier alpha value is -5.05. The Balaban J connectivity index is 0.000000175. The number of aromatic nitrogens is 3. The third kappa shape index (κ3) is 7.82. The fourth-order valence-electron chi connectivity index (χ4n) is 3.75. The van der Waals surface area contributed by atoms with Crippen LogP contribution in [0.15, 0.2) is 91.0 Å². The summed E-state index contributed by atoms with van der Waals surface area (Å²) in [6, 6.07) is 23.8. The number of hydrogen-bond acceptors (Lipinski definition) is 9. The van der Waals surface area contributed by atoms with Crippen LogP contribution >= 0.6 is 0 Å². The molecule has 0 aliphatic heterocycles. The molecule has 3 aromatic heterocycles. The number of pyridine rings is 3. The van der Waals surface area contributed by atoms with Crippen LogP contribution in [-0.4, -0.2) is 63.5 Å². The van der Waals surface area contributed by atoms with Gasteiger partial charge in [0.1, 0.15) is 50.9 Å². The molecule has 6 rings (SSSR count). The van der Waals surface area contributed by atoms with Crippen LogP contribution in [0.2, 0.25) is 0 Å². The van der Waals surface area contributed by atoms with Crippen molar-refractivity contribution in [3.8, 4) is 17.2 Å². The molecule has 0 saturated carbocycles. The molecule has 0 atom stereocenters. The zero-order valence-electron chi connectivity index (χ0n) is 21.7. The number of hydrogen-bond donors (Lipinski definition) is 6. The van der Waals surface area contributed by atoms with Gasteiger partial charge in [0, 0.05) is 53.5 Å². The predicted molar refractivity (Wildman–Crippen MR) is 151 cm³/mol. The minimum atomic E-state index is -1.10. The number of phenolic OH excluding ortho intramolecular Hbond substituents is 3. The number of phenols is 3. The second-order valence-corrected chi connectivity index (χ2v) is 8.55. The van der Waals surface area contributed by atoms with Crippen molar-refractivity contribution in [2.45, 2.75) is 0 Å². The molecule has 0 aliphatic rings. The Bertz CT molecular complexity index is 1760. The third-order valence-corrected chi connectivity index (χ3v) is 5.75. The monoisotopic (exact) mass is 733 g/mol. The van der Waals surface area contributed by atoms with Crippen LogP contribution in [0.5, 0.6) is 17.2 Å². The molecule has 6 N–H and O–H groups in total. The molecular weight excluding hydrogens is 714 g/mol. The van der Waals surface area contributed by atoms with E-state index in [1.54, 1.807) is 54.6 Å². The van der Waals surface area contributed by atoms with E-state index < -0.39 is 17.9 Å². The molecular formula is C30H21ErN3O9. The van der Waals surface area contributed by atoms with Gasteiger partial charge in [0.05, 0.1) is 0 Å². The average Bonchev–Trinajstić information content (AvgIpc) is 2.98. The van der Waals surface area contributed by atoms with Crippen LogP contribution in [0, 0.1) is 37.3 Å². The molecule has 0 radical (unpaired) electrons. The van der Waals surface area contributed by atoms with Crippen molar-refractivity contribution in [1.82, 2.24) is 15.0 Å². The van der Waals surface area contributed by atoms with Crippen molar-refractivity contribution >= 4 is 50.6 Å². The van der Waals surface area contributed by atoms with E-state index in [9.17, 15) is 29.7 Å². The van der Waals surface area contributed by atoms with E-state index in [0.29, 0.717) is 16.6 Å². The molecule has 0 spiro atoms. The average molecular weight is 735 g/mol. The second-order valence-electron chi connectivity index (χ2n) is 8.55. The first-order valence-corrected chi connectivity index (χ1v) is 12.0. The normalized spacial score (nSPS) is 10.0. The Morgan fingerprint density at radius 3 is 0.907 bits per heavy atom. The van der Waals surface area contributed by atoms with Crippen molar-refractivity contribution in [3.63, 3.8) is 0 Å². The number of benzene rings is 3. The van der Waals surface area contributed by atoms with E-state index in [1.165, 1.54) is 36.4 Å². The SMILES string of the molecule is O=C(O)c1ccc2cccc(O)c2n1.O=C(O)c1ccc2cccc(O)c2n1.O=C(O)c1ccc2cccc(O)c2n1.[Er]. The van der Waals surface area contributed by atoms with E-state index in [1.807, 2.05) is 0 Å². The molecule has 12 nitrogen and oxygen atoms in total. The zero-order valence-corrected chi connectivity index (χ0v) is 23.6. The quantitative estimate of drug-likeness (QED) is 0.143. The molecule has 0 aliphatic carbocycles. The molecule has 222 valence electrons. The number of fused-ring (bicyclic) bond motifs is 3. The van der Waals surface area contributed by atoms with Crippen LogP contribution in [0.1, 0.15) is 31.5 Å². The van der Waals surface area contributed by atoms with Gasteiger partial charge in [-0.1, -0.05) is 54.6 Å². The van der Waals surface area contributed by atoms with Crippen molar-refractivity contribution in [3.05, 3.63) is 108 Å². The molecule has 0 fully saturated rings. The summed E-state index contributed by atoms with van der Waals surface area (Å²) >= 11 is 0. The maximum absolute atomic E-state index is 10.6. The number of nitrogens with zero attached hydrogens (tertiary/aromatic N) is 3. The first kappa shape index (κ1) is 32.5. The topological polar surface area (TPSA) is 211 Å². The number of carboxylic acids is 3. The molecule has 0 bridgehead atoms. The Morgan fingerprint density at radius 1 is 0.419 bits per heavy atom. The summed E-state index contributed by atoms with van der Waals surface area (Å²) < 4.78 is 0. The first-order valence-electron chi connectivity index (χ1n) is 12.0. The smallest absolute Gasteiger partial charge is 0.354 e. The Morgan fingerprint density at radius 2 is 0.674 bits per heavy atom. The van der Waals surface area contributed by atoms with Crippen molar-refractivity contribution in [2.24, 2.45) is 0 Å². The van der Waals surface area contributed by atoms with E-state index in [0.717, 1.165) is 16.2 Å². The molecule has 0 amide bonds. The van der Waals surface area contributed by atoms with Crippen LogP contribution in [0.4, 0.5) is 0 Å². The number of rotatable bonds is 3. The first-order chi connectivity index (χ1) is 20.0. The summed E-state index contributed by atoms with van der Waals surface area (Å²) in [4.78, 5) is 43.3. The van der Waals surface area contributed by atoms with Gasteiger partial charge in [-0.2, -0.15) is 0 Å². The maximum Gasteiger partial charge on any atom is 0.354 e. The van der Waals surface area contributed by atoms with Gasteiger partial charge in [-0.05, 0) is 36.4 Å². The zero-order chi connectivity index (χ0) is 30.4. The molecule has 0 unspecified atom stereocenters. The molecule has 3 heterocycles. The minimum Gasteiger partial charge on any atom is -0.506 e. The number of carbonyl (C=O) groups is 3. The van der Waals surface area contributed by atoms with Gasteiger partial charge < -0.3 is 30.6 Å². The fourth-order valence-corrected chi connectivity index (χ4v) is 3.75. The van der Waals surface area contributed by atoms with Gasteiger partial charge in [-0.3, -0.25) is 0 Å². The van der Waals surface area contributed by atoms with Gasteiger partial charge in [-0.15, -0.1) is 0 Å². The van der Waals surface area contributed by atoms with Crippen LogP contribution in [0.25, 0.3) is 32.7 Å². The minimum absolute atomic E-state index is 0. The summed E-state index contributed by atoms with van der Waals surface area (Å²) in [6.07, 6.45) is 0. The summed E-state index contributed by atoms with van der Waals surface area (Å²) in [5.74, 6) is -3.33. The Kier molecular flexibility index (Phi) is 10.7. The number of carboxylic acid groups (broad SMARTS) is 3. The van der Waals surface area contributed by atoms with E-state index in [2.05, 4.69) is 15.0 Å². The van der Waals surface area contributed by atoms with Gasteiger partial charge in [0.15, 0.2) is 0 Å². The van der Waals surface area contributed by atoms with Crippen molar-refractivity contribution < 1.29 is 82.3 Å². The standard InChI is InChI=1S/3C10H7NO3.Er/c3*12-8-3-1-2-6-4-5-7(10(13)14)11-9(6)8;/h3*1-5,12H,(H,13,14);. The fraction of sp³-hybridized carbons (Fsp3) is 0. The van der Waals surface area contributed by atoms with E-state index in [4.69, 9.17) is 15.3 Å². The maximum atomic E-state index is 10.6. The summed E-state index contributed by atoms with van der Waals surface area (Å²) in [7, 11) is 0. The van der Waals surface area contributed by atoms with Crippen LogP contribution < -0.4 is 0 Å². The predicted octanol–water partition coefficient (Wildman–Crippen LogP) is 4.92. The van der Waals surface area contributed by atoms with Gasteiger partial charge in [0.25, 0.3) is 0 Å². The summed E-state index contributed by atoms with van der Waals surface area (Å²) in [6.45, 7) is 0. The van der Waals surface area contributed by atoms with E-state index >= 15 is 0 Å². The molecule has 6 aromatic rings. The Labute approximate surface area is 271 Å². The largest absolute Gasteiger partial charge is 0.506 e. The van der Waals surface area contributed by atoms with Crippen LogP contribution in [-0.2, 0) is 0 Å². The number of aromatic hydroxyl groups is 3. The molecule has 43 heavy (non-hydrogen) atoms. The van der Waals surface area contributed by atoms with Crippen LogP contribution in [0.3, 0.4) is 0 Å². The summed E-state index contributed by atoms with van der Waals surface area (Å²) in [5, 5.41) is 56.5. The molecule has 3 aromatic carbocycles. The van der Waals surface area contributed by atoms with Crippen molar-refractivity contribution in [2.75, 3.05) is 0 Å². The third-order valence-electron chi connectivity index (χ3n) is 5.75. The van der Waals surface area contributed by atoms with E-state index in [-0.39, 0.29) is 71.6 Å². The number of aromatic carboxylic acids is 3. The van der Waals surface area contributed by atoms with Gasteiger partial charge in [-0.25, -0.2) is 29.3 Å². The van der Waals surface area contributed by atoms with Crippen molar-refractivity contribution in [1.29, 1.82) is 0 Å². The molecule has 0 saturated heterocycles. The second kappa shape index (κ2) is 14.2. The van der Waals surface area contributed by atoms with Gasteiger partial charge in [0.2, 0.25) is 0 Å². The summed E-state index contributed by atoms with van der Waals surface area (Å²) in [5.41, 5.74) is 0.726. The molecule has 13 heteroatoms. The van der Waals surface area contributed by atoms with Gasteiger partial charge >= 0.3 is 17.9 Å². The number of para-hydroxylation sites is 3.